The largest absolute Gasteiger partial charge is 0.357 e. The predicted molar refractivity (Wildman–Crippen MR) is 48.7 cm³/mol. The van der Waals surface area contributed by atoms with E-state index in [4.69, 9.17) is 4.74 Å². The van der Waals surface area contributed by atoms with Crippen LogP contribution in [0.1, 0.15) is 12.8 Å². The second-order valence-electron chi connectivity index (χ2n) is 4.38. The van der Waals surface area contributed by atoms with Crippen LogP contribution in [0.25, 0.3) is 0 Å². The summed E-state index contributed by atoms with van der Waals surface area (Å²) < 4.78 is 5.81. The van der Waals surface area contributed by atoms with Crippen molar-refractivity contribution in [2.75, 3.05) is 20.6 Å². The Labute approximate surface area is 78.4 Å². The molecule has 13 heavy (non-hydrogen) atoms. The summed E-state index contributed by atoms with van der Waals surface area (Å²) in [6.07, 6.45) is 5.30. The Balaban J connectivity index is 2.13. The molecule has 0 aromatic carbocycles. The van der Waals surface area contributed by atoms with Gasteiger partial charge in [-0.2, -0.15) is 0 Å². The predicted octanol–water partition coefficient (Wildman–Crippen LogP) is -0.812. The average Bonchev–Trinajstić information content (AvgIpc) is 2.24. The lowest BCUT2D eigenvalue weighted by molar-refractivity contribution is -0.864. The summed E-state index contributed by atoms with van der Waals surface area (Å²) in [6, 6.07) is 0. The number of hydrogen-bond acceptors (Lipinski definition) is 2. The number of ketones is 1. The third-order valence-electron chi connectivity index (χ3n) is 2.58. The fourth-order valence-corrected chi connectivity index (χ4v) is 2.26. The van der Waals surface area contributed by atoms with Gasteiger partial charge < -0.3 is 9.64 Å². The number of rotatable bonds is 2. The number of ether oxygens (including phenoxy) is 1. The van der Waals surface area contributed by atoms with Gasteiger partial charge in [0.2, 0.25) is 0 Å². The maximum Gasteiger partial charge on any atom is 0.143 e. The van der Waals surface area contributed by atoms with Gasteiger partial charge in [-0.1, -0.05) is 6.08 Å². The van der Waals surface area contributed by atoms with Gasteiger partial charge in [0, 0.05) is 12.8 Å². The van der Waals surface area contributed by atoms with E-state index in [0.29, 0.717) is 18.6 Å². The van der Waals surface area contributed by atoms with Crippen molar-refractivity contribution in [3.05, 3.63) is 12.2 Å². The van der Waals surface area contributed by atoms with Crippen molar-refractivity contribution in [2.24, 2.45) is 0 Å². The third kappa shape index (κ3) is 1.67. The van der Waals surface area contributed by atoms with E-state index < -0.39 is 0 Å². The van der Waals surface area contributed by atoms with Gasteiger partial charge in [-0.15, -0.1) is 0 Å². The number of carbonyl (C=O) groups is 1. The number of carbonyl (C=O) groups excluding carboxylic acids is 1. The van der Waals surface area contributed by atoms with Gasteiger partial charge in [-0.05, 0) is 6.08 Å². The monoisotopic (exact) mass is 182 g/mol. The second kappa shape index (κ2) is 2.93. The van der Waals surface area contributed by atoms with Crippen molar-refractivity contribution in [3.8, 4) is 0 Å². The minimum Gasteiger partial charge on any atom is -0.357 e. The molecule has 0 spiro atoms. The van der Waals surface area contributed by atoms with Gasteiger partial charge in [0.05, 0.1) is 20.2 Å². The van der Waals surface area contributed by atoms with Crippen LogP contribution < -0.4 is 4.90 Å². The minimum absolute atomic E-state index is 0.0561. The van der Waals surface area contributed by atoms with Gasteiger partial charge in [-0.25, -0.2) is 0 Å². The van der Waals surface area contributed by atoms with E-state index in [1.807, 2.05) is 6.08 Å². The van der Waals surface area contributed by atoms with E-state index in [1.54, 1.807) is 0 Å². The zero-order valence-corrected chi connectivity index (χ0v) is 8.17. The Hall–Kier alpha value is -0.670. The molecule has 0 amide bonds. The molecule has 3 nitrogen and oxygen atoms in total. The third-order valence-corrected chi connectivity index (χ3v) is 2.58. The van der Waals surface area contributed by atoms with E-state index in [2.05, 4.69) is 20.2 Å². The van der Waals surface area contributed by atoms with Crippen molar-refractivity contribution in [3.63, 3.8) is 0 Å². The van der Waals surface area contributed by atoms with E-state index in [0.717, 1.165) is 6.54 Å². The molecular formula is C10H16NO2+. The number of hydrogen-bond donors (Lipinski definition) is 1. The van der Waals surface area contributed by atoms with Gasteiger partial charge in [0.25, 0.3) is 0 Å². The van der Waals surface area contributed by atoms with Crippen LogP contribution in [0.3, 0.4) is 0 Å². The summed E-state index contributed by atoms with van der Waals surface area (Å²) in [6.45, 7) is 0.881. The molecule has 3 heteroatoms. The number of nitrogens with one attached hydrogen (secondary N) is 1. The summed E-state index contributed by atoms with van der Waals surface area (Å²) in [7, 11) is 4.16. The van der Waals surface area contributed by atoms with Gasteiger partial charge in [0.1, 0.15) is 17.9 Å². The van der Waals surface area contributed by atoms with Gasteiger partial charge in [-0.3, -0.25) is 4.79 Å². The average molecular weight is 182 g/mol. The molecule has 1 saturated heterocycles. The normalized spacial score (nSPS) is 37.5. The Bertz CT molecular complexity index is 260. The molecule has 0 radical (unpaired) electrons. The first kappa shape index (κ1) is 8.91. The lowest BCUT2D eigenvalue weighted by Gasteiger charge is -2.32. The highest BCUT2D eigenvalue weighted by Gasteiger charge is 2.44. The van der Waals surface area contributed by atoms with Gasteiger partial charge in [0.15, 0.2) is 0 Å². The second-order valence-corrected chi connectivity index (χ2v) is 4.38. The van der Waals surface area contributed by atoms with Crippen molar-refractivity contribution in [1.82, 2.24) is 0 Å². The molecule has 2 atom stereocenters. The first-order chi connectivity index (χ1) is 6.10. The van der Waals surface area contributed by atoms with Gasteiger partial charge >= 0.3 is 0 Å². The molecule has 0 aromatic heterocycles. The fourth-order valence-electron chi connectivity index (χ4n) is 2.26. The quantitative estimate of drug-likeness (QED) is 0.566. The fraction of sp³-hybridized carbons (Fsp3) is 0.700. The Kier molecular flexibility index (Phi) is 2.00. The summed E-state index contributed by atoms with van der Waals surface area (Å²) in [5.41, 5.74) is -0.279. The van der Waals surface area contributed by atoms with Crippen LogP contribution >= 0.6 is 0 Å². The number of fused-ring (bicyclic) bond motifs is 2. The zero-order valence-electron chi connectivity index (χ0n) is 8.17. The molecule has 0 saturated carbocycles. The molecule has 0 unspecified atom stereocenters. The molecule has 2 heterocycles. The van der Waals surface area contributed by atoms with Crippen LogP contribution in [0.5, 0.6) is 0 Å². The summed E-state index contributed by atoms with van der Waals surface area (Å²) >= 11 is 0. The zero-order chi connectivity index (χ0) is 9.47. The Morgan fingerprint density at radius 3 is 3.15 bits per heavy atom. The number of Topliss-reactive ketones (excluding diaryl/α,β-unsaturated/α-hetero) is 1. The maximum atomic E-state index is 11.4. The highest BCUT2D eigenvalue weighted by atomic mass is 16.5. The minimum atomic E-state index is -0.279. The molecular weight excluding hydrogens is 166 g/mol. The molecule has 2 bridgehead atoms. The van der Waals surface area contributed by atoms with Crippen LogP contribution in [-0.4, -0.2) is 38.1 Å². The molecule has 72 valence electrons. The van der Waals surface area contributed by atoms with Crippen molar-refractivity contribution >= 4 is 5.78 Å². The number of quaternary nitrogens is 1. The lowest BCUT2D eigenvalue weighted by atomic mass is 9.94. The molecule has 2 aliphatic rings. The highest BCUT2D eigenvalue weighted by molar-refractivity contribution is 5.82. The van der Waals surface area contributed by atoms with E-state index in [-0.39, 0.29) is 11.7 Å². The molecule has 0 aromatic rings. The van der Waals surface area contributed by atoms with E-state index >= 15 is 0 Å². The lowest BCUT2D eigenvalue weighted by Crippen LogP contribution is -3.08. The van der Waals surface area contributed by atoms with Crippen LogP contribution in [0.4, 0.5) is 0 Å². The Morgan fingerprint density at radius 1 is 1.69 bits per heavy atom. The topological polar surface area (TPSA) is 30.7 Å². The van der Waals surface area contributed by atoms with E-state index in [9.17, 15) is 4.79 Å². The highest BCUT2D eigenvalue weighted by Crippen LogP contribution is 2.33. The molecule has 2 aliphatic heterocycles. The standard InChI is InChI=1S/C10H15NO2/c1-11(2)7-10-4-3-9(13-10)5-8(12)6-10/h3-4,9H,5-7H2,1-2H3/p+1/t9-,10+/m1/s1. The van der Waals surface area contributed by atoms with Crippen LogP contribution in [0, 0.1) is 0 Å². The van der Waals surface area contributed by atoms with Crippen molar-refractivity contribution in [1.29, 1.82) is 0 Å². The van der Waals surface area contributed by atoms with Crippen LogP contribution in [-0.2, 0) is 9.53 Å². The first-order valence-corrected chi connectivity index (χ1v) is 4.78. The van der Waals surface area contributed by atoms with Crippen molar-refractivity contribution < 1.29 is 14.4 Å². The SMILES string of the molecule is C[NH+](C)C[C@]12C=C[C@H](CC(=O)C1)O2. The van der Waals surface area contributed by atoms with Crippen LogP contribution in [0.15, 0.2) is 12.2 Å². The molecule has 0 aliphatic carbocycles. The number of likely N-dealkylation sites (N-methyl/N-ethyl adjacent to an activating group) is 1. The molecule has 1 fully saturated rings. The molecule has 2 rings (SSSR count). The Morgan fingerprint density at radius 2 is 2.46 bits per heavy atom. The maximum absolute atomic E-state index is 11.4. The summed E-state index contributed by atoms with van der Waals surface area (Å²) in [4.78, 5) is 12.7. The smallest absolute Gasteiger partial charge is 0.143 e. The molecule has 1 N–H and O–H groups in total. The summed E-state index contributed by atoms with van der Waals surface area (Å²) in [5.74, 6) is 0.336. The van der Waals surface area contributed by atoms with Crippen molar-refractivity contribution in [2.45, 2.75) is 24.5 Å². The first-order valence-electron chi connectivity index (χ1n) is 4.78. The van der Waals surface area contributed by atoms with E-state index in [1.165, 1.54) is 4.90 Å². The summed E-state index contributed by atoms with van der Waals surface area (Å²) in [5, 5.41) is 0. The van der Waals surface area contributed by atoms with Crippen LogP contribution in [0.2, 0.25) is 0 Å².